The number of aryl methyl sites for hydroxylation is 2. The van der Waals surface area contributed by atoms with Crippen molar-refractivity contribution in [2.45, 2.75) is 33.4 Å². The van der Waals surface area contributed by atoms with Gasteiger partial charge in [-0.25, -0.2) is 9.18 Å². The Labute approximate surface area is 153 Å². The molecule has 0 spiro atoms. The third-order valence-electron chi connectivity index (χ3n) is 4.05. The molecule has 0 fully saturated rings. The normalized spacial score (nSPS) is 11.5. The summed E-state index contributed by atoms with van der Waals surface area (Å²) in [7, 11) is 0. The molecule has 0 aromatic heterocycles. The fourth-order valence-electron chi connectivity index (χ4n) is 2.60. The van der Waals surface area contributed by atoms with E-state index >= 15 is 0 Å². The highest BCUT2D eigenvalue weighted by atomic mass is 19.1. The average Bonchev–Trinajstić information content (AvgIpc) is 2.61. The summed E-state index contributed by atoms with van der Waals surface area (Å²) < 4.78 is 12.8. The van der Waals surface area contributed by atoms with Gasteiger partial charge < -0.3 is 16.0 Å². The van der Waals surface area contributed by atoms with Crippen LogP contribution in [-0.2, 0) is 11.3 Å². The lowest BCUT2D eigenvalue weighted by Gasteiger charge is -2.17. The summed E-state index contributed by atoms with van der Waals surface area (Å²) in [6.07, 6.45) is 0. The molecule has 0 aliphatic rings. The van der Waals surface area contributed by atoms with Crippen LogP contribution < -0.4 is 16.0 Å². The molecule has 0 saturated heterocycles. The van der Waals surface area contributed by atoms with Gasteiger partial charge in [-0.3, -0.25) is 4.79 Å². The maximum atomic E-state index is 12.8. The lowest BCUT2D eigenvalue weighted by Crippen LogP contribution is -2.42. The molecule has 5 nitrogen and oxygen atoms in total. The molecule has 26 heavy (non-hydrogen) atoms. The van der Waals surface area contributed by atoms with E-state index in [9.17, 15) is 14.0 Å². The summed E-state index contributed by atoms with van der Waals surface area (Å²) in [6.45, 7) is 6.05. The van der Waals surface area contributed by atoms with Crippen molar-refractivity contribution in [3.63, 3.8) is 0 Å². The van der Waals surface area contributed by atoms with Crippen molar-refractivity contribution in [3.8, 4) is 0 Å². The first kappa shape index (κ1) is 19.4. The highest BCUT2D eigenvalue weighted by Gasteiger charge is 2.12. The molecule has 3 amide bonds. The highest BCUT2D eigenvalue weighted by Crippen LogP contribution is 2.18. The van der Waals surface area contributed by atoms with E-state index in [2.05, 4.69) is 16.0 Å². The predicted octanol–water partition coefficient (Wildman–Crippen LogP) is 3.12. The van der Waals surface area contributed by atoms with Gasteiger partial charge in [0.2, 0.25) is 5.91 Å². The van der Waals surface area contributed by atoms with Crippen molar-refractivity contribution >= 4 is 11.9 Å². The third kappa shape index (κ3) is 5.88. The quantitative estimate of drug-likeness (QED) is 0.743. The van der Waals surface area contributed by atoms with E-state index in [0.717, 1.165) is 22.3 Å². The number of halogens is 1. The second kappa shape index (κ2) is 8.99. The first-order valence-corrected chi connectivity index (χ1v) is 8.48. The van der Waals surface area contributed by atoms with E-state index < -0.39 is 6.03 Å². The van der Waals surface area contributed by atoms with Gasteiger partial charge in [-0.05, 0) is 49.6 Å². The predicted molar refractivity (Wildman–Crippen MR) is 99.1 cm³/mol. The minimum atomic E-state index is -0.455. The van der Waals surface area contributed by atoms with Gasteiger partial charge >= 0.3 is 6.03 Å². The van der Waals surface area contributed by atoms with Crippen LogP contribution in [0.4, 0.5) is 9.18 Å². The molecular weight excluding hydrogens is 333 g/mol. The van der Waals surface area contributed by atoms with Crippen molar-refractivity contribution < 1.29 is 14.0 Å². The van der Waals surface area contributed by atoms with Gasteiger partial charge in [0.1, 0.15) is 5.82 Å². The summed E-state index contributed by atoms with van der Waals surface area (Å²) in [4.78, 5) is 23.8. The van der Waals surface area contributed by atoms with Crippen molar-refractivity contribution in [2.75, 3.05) is 6.54 Å². The van der Waals surface area contributed by atoms with Gasteiger partial charge in [-0.1, -0.05) is 35.9 Å². The van der Waals surface area contributed by atoms with Crippen molar-refractivity contribution in [2.24, 2.45) is 0 Å². The maximum Gasteiger partial charge on any atom is 0.315 e. The molecule has 0 radical (unpaired) electrons. The van der Waals surface area contributed by atoms with E-state index in [-0.39, 0.29) is 30.9 Å². The minimum absolute atomic E-state index is 0.121. The van der Waals surface area contributed by atoms with Crippen LogP contribution in [0.3, 0.4) is 0 Å². The Bertz CT molecular complexity index is 775. The largest absolute Gasteiger partial charge is 0.348 e. The number of hydrogen-bond acceptors (Lipinski definition) is 2. The Hall–Kier alpha value is -2.89. The zero-order chi connectivity index (χ0) is 19.1. The van der Waals surface area contributed by atoms with Crippen LogP contribution in [-0.4, -0.2) is 18.5 Å². The van der Waals surface area contributed by atoms with Crippen molar-refractivity contribution in [3.05, 3.63) is 70.5 Å². The van der Waals surface area contributed by atoms with Gasteiger partial charge in [0.15, 0.2) is 0 Å². The average molecular weight is 357 g/mol. The lowest BCUT2D eigenvalue weighted by molar-refractivity contribution is -0.120. The lowest BCUT2D eigenvalue weighted by atomic mass is 10.00. The minimum Gasteiger partial charge on any atom is -0.348 e. The topological polar surface area (TPSA) is 70.2 Å². The van der Waals surface area contributed by atoms with Crippen LogP contribution in [0.25, 0.3) is 0 Å². The third-order valence-corrected chi connectivity index (χ3v) is 4.05. The fourth-order valence-corrected chi connectivity index (χ4v) is 2.60. The standard InChI is InChI=1S/C20H24FN3O2/c1-13-4-5-14(2)18(10-13)15(3)24-19(25)12-23-20(26)22-11-16-6-8-17(21)9-7-16/h4-10,15H,11-12H2,1-3H3,(H,24,25)(H2,22,23,26)/t15-/m1/s1. The molecule has 3 N–H and O–H groups in total. The van der Waals surface area contributed by atoms with E-state index in [0.29, 0.717) is 0 Å². The Morgan fingerprint density at radius 3 is 2.42 bits per heavy atom. The molecule has 138 valence electrons. The van der Waals surface area contributed by atoms with Crippen molar-refractivity contribution in [1.82, 2.24) is 16.0 Å². The summed E-state index contributed by atoms with van der Waals surface area (Å²) in [6, 6.07) is 11.3. The molecule has 0 aliphatic carbocycles. The van der Waals surface area contributed by atoms with E-state index in [1.54, 1.807) is 12.1 Å². The fraction of sp³-hybridized carbons (Fsp3) is 0.300. The number of urea groups is 1. The van der Waals surface area contributed by atoms with Crippen molar-refractivity contribution in [1.29, 1.82) is 0 Å². The zero-order valence-corrected chi connectivity index (χ0v) is 15.2. The molecular formula is C20H24FN3O2. The Morgan fingerprint density at radius 2 is 1.73 bits per heavy atom. The summed E-state index contributed by atoms with van der Waals surface area (Å²) in [5.74, 6) is -0.594. The summed E-state index contributed by atoms with van der Waals surface area (Å²) in [5, 5.41) is 8.01. The van der Waals surface area contributed by atoms with Crippen LogP contribution in [0.1, 0.15) is 35.2 Å². The summed E-state index contributed by atoms with van der Waals surface area (Å²) in [5.41, 5.74) is 4.06. The van der Waals surface area contributed by atoms with Gasteiger partial charge in [0.05, 0.1) is 12.6 Å². The molecule has 6 heteroatoms. The van der Waals surface area contributed by atoms with E-state index in [4.69, 9.17) is 0 Å². The smallest absolute Gasteiger partial charge is 0.315 e. The first-order chi connectivity index (χ1) is 12.3. The molecule has 1 atom stereocenters. The Balaban J connectivity index is 1.76. The number of amides is 3. The number of carbonyl (C=O) groups is 2. The summed E-state index contributed by atoms with van der Waals surface area (Å²) >= 11 is 0. The van der Waals surface area contributed by atoms with Gasteiger partial charge in [0, 0.05) is 6.54 Å². The number of hydrogen-bond donors (Lipinski definition) is 3. The molecule has 0 aliphatic heterocycles. The SMILES string of the molecule is Cc1ccc(C)c([C@@H](C)NC(=O)CNC(=O)NCc2ccc(F)cc2)c1. The van der Waals surface area contributed by atoms with Gasteiger partial charge in [-0.15, -0.1) is 0 Å². The molecule has 0 saturated carbocycles. The number of rotatable bonds is 6. The molecule has 2 aromatic carbocycles. The molecule has 2 aromatic rings. The Morgan fingerprint density at radius 1 is 1.04 bits per heavy atom. The van der Waals surface area contributed by atoms with Crippen LogP contribution >= 0.6 is 0 Å². The molecule has 2 rings (SSSR count). The van der Waals surface area contributed by atoms with Crippen LogP contribution in [0, 0.1) is 19.7 Å². The second-order valence-electron chi connectivity index (χ2n) is 6.31. The number of nitrogens with one attached hydrogen (secondary N) is 3. The van der Waals surface area contributed by atoms with Crippen LogP contribution in [0.5, 0.6) is 0 Å². The number of benzene rings is 2. The number of carbonyl (C=O) groups excluding carboxylic acids is 2. The van der Waals surface area contributed by atoms with Crippen LogP contribution in [0.15, 0.2) is 42.5 Å². The van der Waals surface area contributed by atoms with Gasteiger partial charge in [-0.2, -0.15) is 0 Å². The maximum absolute atomic E-state index is 12.8. The zero-order valence-electron chi connectivity index (χ0n) is 15.2. The first-order valence-electron chi connectivity index (χ1n) is 8.48. The van der Waals surface area contributed by atoms with E-state index in [1.807, 2.05) is 39.0 Å². The molecule has 0 bridgehead atoms. The molecule has 0 heterocycles. The second-order valence-corrected chi connectivity index (χ2v) is 6.31. The monoisotopic (exact) mass is 357 g/mol. The molecule has 0 unspecified atom stereocenters. The highest BCUT2D eigenvalue weighted by molar-refractivity contribution is 5.84. The van der Waals surface area contributed by atoms with E-state index in [1.165, 1.54) is 12.1 Å². The Kier molecular flexibility index (Phi) is 6.72. The van der Waals surface area contributed by atoms with Crippen LogP contribution in [0.2, 0.25) is 0 Å². The van der Waals surface area contributed by atoms with Gasteiger partial charge in [0.25, 0.3) is 0 Å².